The van der Waals surface area contributed by atoms with Gasteiger partial charge in [0.25, 0.3) is 5.91 Å². The van der Waals surface area contributed by atoms with Crippen molar-refractivity contribution in [2.24, 2.45) is 0 Å². The minimum Gasteiger partial charge on any atom is -0.497 e. The summed E-state index contributed by atoms with van der Waals surface area (Å²) in [5, 5.41) is 11.9. The first-order valence-electron chi connectivity index (χ1n) is 10.2. The Kier molecular flexibility index (Phi) is 6.90. The molecule has 1 N–H and O–H groups in total. The quantitative estimate of drug-likeness (QED) is 0.389. The first-order valence-corrected chi connectivity index (χ1v) is 12.9. The number of nitrogens with zero attached hydrogens (tertiary/aromatic N) is 3. The Bertz CT molecular complexity index is 1370. The first kappa shape index (κ1) is 23.4. The average Bonchev–Trinajstić information content (AvgIpc) is 3.31. The highest BCUT2D eigenvalue weighted by Gasteiger charge is 2.19. The number of nitrogens with one attached hydrogen (secondary N) is 1. The molecule has 0 spiro atoms. The number of methoxy groups -OCH3 is 1. The summed E-state index contributed by atoms with van der Waals surface area (Å²) >= 11 is 1.25. The predicted molar refractivity (Wildman–Crippen MR) is 134 cm³/mol. The third kappa shape index (κ3) is 5.59. The number of ether oxygens (including phenoxy) is 1. The van der Waals surface area contributed by atoms with Crippen molar-refractivity contribution in [3.63, 3.8) is 0 Å². The standard InChI is InChI=1S/C24H22N4O4S2/c1-32-21-14-10-19(11-15-21)23-26-27-24(33-23)25-22(29)18-8-12-20(13-9-18)28(34(2,30)31)16-17-6-4-3-5-7-17/h3-15H,16H2,1-2H3,(H,25,27,29). The van der Waals surface area contributed by atoms with E-state index in [9.17, 15) is 13.2 Å². The van der Waals surface area contributed by atoms with E-state index in [4.69, 9.17) is 4.74 Å². The van der Waals surface area contributed by atoms with Gasteiger partial charge < -0.3 is 4.74 Å². The minimum atomic E-state index is -3.52. The van der Waals surface area contributed by atoms with Crippen LogP contribution in [0.5, 0.6) is 5.75 Å². The molecule has 8 nitrogen and oxygen atoms in total. The average molecular weight is 495 g/mol. The number of rotatable bonds is 8. The Morgan fingerprint density at radius 2 is 1.65 bits per heavy atom. The third-order valence-corrected chi connectivity index (χ3v) is 7.00. The van der Waals surface area contributed by atoms with E-state index in [1.54, 1.807) is 31.4 Å². The van der Waals surface area contributed by atoms with Crippen LogP contribution in [-0.2, 0) is 16.6 Å². The minimum absolute atomic E-state index is 0.199. The lowest BCUT2D eigenvalue weighted by molar-refractivity contribution is 0.102. The van der Waals surface area contributed by atoms with E-state index in [1.807, 2.05) is 54.6 Å². The summed E-state index contributed by atoms with van der Waals surface area (Å²) in [6.45, 7) is 0.199. The molecule has 0 saturated carbocycles. The summed E-state index contributed by atoms with van der Waals surface area (Å²) in [6, 6.07) is 23.1. The summed E-state index contributed by atoms with van der Waals surface area (Å²) < 4.78 is 31.2. The second-order valence-corrected chi connectivity index (χ2v) is 10.3. The van der Waals surface area contributed by atoms with Crippen molar-refractivity contribution in [1.82, 2.24) is 10.2 Å². The molecule has 0 aliphatic heterocycles. The number of aromatic nitrogens is 2. The van der Waals surface area contributed by atoms with Gasteiger partial charge in [-0.1, -0.05) is 41.7 Å². The molecule has 0 bridgehead atoms. The van der Waals surface area contributed by atoms with Gasteiger partial charge in [0.2, 0.25) is 15.2 Å². The van der Waals surface area contributed by atoms with Crippen LogP contribution in [-0.4, -0.2) is 37.9 Å². The molecular formula is C24H22N4O4S2. The number of amides is 1. The molecule has 0 unspecified atom stereocenters. The highest BCUT2D eigenvalue weighted by Crippen LogP contribution is 2.28. The molecule has 1 heterocycles. The molecule has 10 heteroatoms. The molecule has 34 heavy (non-hydrogen) atoms. The summed E-state index contributed by atoms with van der Waals surface area (Å²) in [7, 11) is -1.92. The van der Waals surface area contributed by atoms with Crippen molar-refractivity contribution in [3.05, 3.63) is 90.0 Å². The van der Waals surface area contributed by atoms with Crippen molar-refractivity contribution >= 4 is 38.1 Å². The van der Waals surface area contributed by atoms with Crippen molar-refractivity contribution in [2.45, 2.75) is 6.54 Å². The zero-order valence-corrected chi connectivity index (χ0v) is 20.1. The van der Waals surface area contributed by atoms with Crippen LogP contribution in [0.25, 0.3) is 10.6 Å². The highest BCUT2D eigenvalue weighted by molar-refractivity contribution is 7.92. The van der Waals surface area contributed by atoms with E-state index in [2.05, 4.69) is 15.5 Å². The Labute approximate surface area is 201 Å². The maximum absolute atomic E-state index is 12.7. The van der Waals surface area contributed by atoms with Crippen molar-refractivity contribution in [3.8, 4) is 16.3 Å². The van der Waals surface area contributed by atoms with Crippen LogP contribution < -0.4 is 14.4 Å². The van der Waals surface area contributed by atoms with Gasteiger partial charge in [-0.25, -0.2) is 8.42 Å². The van der Waals surface area contributed by atoms with Gasteiger partial charge in [0.1, 0.15) is 10.8 Å². The van der Waals surface area contributed by atoms with Gasteiger partial charge in [-0.2, -0.15) is 0 Å². The summed E-state index contributed by atoms with van der Waals surface area (Å²) in [6.07, 6.45) is 1.16. The molecule has 0 fully saturated rings. The largest absolute Gasteiger partial charge is 0.497 e. The highest BCUT2D eigenvalue weighted by atomic mass is 32.2. The topological polar surface area (TPSA) is 101 Å². The van der Waals surface area contributed by atoms with Crippen LogP contribution >= 0.6 is 11.3 Å². The van der Waals surface area contributed by atoms with E-state index in [0.717, 1.165) is 23.1 Å². The lowest BCUT2D eigenvalue weighted by Crippen LogP contribution is -2.29. The van der Waals surface area contributed by atoms with E-state index in [1.165, 1.54) is 15.6 Å². The summed E-state index contributed by atoms with van der Waals surface area (Å²) in [4.78, 5) is 12.7. The van der Waals surface area contributed by atoms with E-state index < -0.39 is 10.0 Å². The second kappa shape index (κ2) is 10.0. The maximum atomic E-state index is 12.7. The van der Waals surface area contributed by atoms with E-state index in [-0.39, 0.29) is 12.5 Å². The zero-order valence-electron chi connectivity index (χ0n) is 18.5. The number of hydrogen-bond donors (Lipinski definition) is 1. The smallest absolute Gasteiger partial charge is 0.257 e. The number of sulfonamides is 1. The SMILES string of the molecule is COc1ccc(-c2nnc(NC(=O)c3ccc(N(Cc4ccccc4)S(C)(=O)=O)cc3)s2)cc1. The number of carbonyl (C=O) groups excluding carboxylic acids is 1. The van der Waals surface area contributed by atoms with Crippen LogP contribution in [0.15, 0.2) is 78.9 Å². The molecule has 3 aromatic carbocycles. The summed E-state index contributed by atoms with van der Waals surface area (Å²) in [5.41, 5.74) is 2.57. The number of hydrogen-bond acceptors (Lipinski definition) is 7. The zero-order chi connectivity index (χ0) is 24.1. The van der Waals surface area contributed by atoms with E-state index in [0.29, 0.717) is 21.4 Å². The maximum Gasteiger partial charge on any atom is 0.257 e. The lowest BCUT2D eigenvalue weighted by atomic mass is 10.2. The molecule has 174 valence electrons. The van der Waals surface area contributed by atoms with Crippen LogP contribution in [0.1, 0.15) is 15.9 Å². The Hall–Kier alpha value is -3.76. The van der Waals surface area contributed by atoms with Gasteiger partial charge in [-0.3, -0.25) is 14.4 Å². The molecule has 0 saturated heterocycles. The molecule has 0 aliphatic rings. The van der Waals surface area contributed by atoms with Gasteiger partial charge in [-0.05, 0) is 54.1 Å². The number of carbonyl (C=O) groups is 1. The summed E-state index contributed by atoms with van der Waals surface area (Å²) in [5.74, 6) is 0.376. The van der Waals surface area contributed by atoms with Gasteiger partial charge >= 0.3 is 0 Å². The van der Waals surface area contributed by atoms with E-state index >= 15 is 0 Å². The fraction of sp³-hybridized carbons (Fsp3) is 0.125. The number of benzene rings is 3. The second-order valence-electron chi connectivity index (χ2n) is 7.40. The molecule has 1 aromatic heterocycles. The monoisotopic (exact) mass is 494 g/mol. The fourth-order valence-corrected chi connectivity index (χ4v) is 4.85. The Morgan fingerprint density at radius 3 is 2.26 bits per heavy atom. The van der Waals surface area contributed by atoms with Gasteiger partial charge in [0.05, 0.1) is 25.6 Å². The molecular weight excluding hydrogens is 472 g/mol. The number of anilines is 2. The van der Waals surface area contributed by atoms with Gasteiger partial charge in [-0.15, -0.1) is 10.2 Å². The first-order chi connectivity index (χ1) is 16.3. The van der Waals surface area contributed by atoms with Gasteiger partial charge in [0, 0.05) is 11.1 Å². The predicted octanol–water partition coefficient (Wildman–Crippen LogP) is 4.43. The molecule has 0 aliphatic carbocycles. The molecule has 0 atom stereocenters. The molecule has 4 aromatic rings. The van der Waals surface area contributed by atoms with Crippen LogP contribution in [0, 0.1) is 0 Å². The van der Waals surface area contributed by atoms with Crippen LogP contribution in [0.2, 0.25) is 0 Å². The normalized spacial score (nSPS) is 11.1. The Balaban J connectivity index is 1.47. The lowest BCUT2D eigenvalue weighted by Gasteiger charge is -2.22. The molecule has 0 radical (unpaired) electrons. The van der Waals surface area contributed by atoms with Crippen molar-refractivity contribution in [2.75, 3.05) is 23.0 Å². The van der Waals surface area contributed by atoms with Gasteiger partial charge in [0.15, 0.2) is 0 Å². The fourth-order valence-electron chi connectivity index (χ4n) is 3.22. The van der Waals surface area contributed by atoms with Crippen molar-refractivity contribution < 1.29 is 17.9 Å². The third-order valence-electron chi connectivity index (χ3n) is 4.97. The van der Waals surface area contributed by atoms with Crippen LogP contribution in [0.3, 0.4) is 0 Å². The molecule has 4 rings (SSSR count). The molecule has 1 amide bonds. The van der Waals surface area contributed by atoms with Crippen LogP contribution in [0.4, 0.5) is 10.8 Å². The Morgan fingerprint density at radius 1 is 0.971 bits per heavy atom. The van der Waals surface area contributed by atoms with Crippen molar-refractivity contribution in [1.29, 1.82) is 0 Å².